The van der Waals surface area contributed by atoms with E-state index in [0.717, 1.165) is 29.5 Å². The molecule has 1 aromatic heterocycles. The number of rotatable bonds is 3. The molecule has 2 aliphatic heterocycles. The first-order chi connectivity index (χ1) is 16.5. The van der Waals surface area contributed by atoms with Crippen LogP contribution in [0, 0.1) is 5.41 Å². The highest BCUT2D eigenvalue weighted by Crippen LogP contribution is 2.34. The summed E-state index contributed by atoms with van der Waals surface area (Å²) in [6.07, 6.45) is 7.06. The lowest BCUT2D eigenvalue weighted by molar-refractivity contribution is -0.115. The Morgan fingerprint density at radius 2 is 1.94 bits per heavy atom. The fraction of sp³-hybridized carbons (Fsp3) is 0.231. The van der Waals surface area contributed by atoms with Gasteiger partial charge in [0.25, 0.3) is 5.91 Å². The first-order valence-electron chi connectivity index (χ1n) is 11.2. The van der Waals surface area contributed by atoms with E-state index in [1.54, 1.807) is 18.2 Å². The number of halogens is 1. The van der Waals surface area contributed by atoms with Crippen LogP contribution in [0.2, 0.25) is 5.02 Å². The minimum absolute atomic E-state index is 0.0205. The number of nitrogens with one attached hydrogen (secondary N) is 2. The van der Waals surface area contributed by atoms with Crippen LogP contribution in [0.15, 0.2) is 60.7 Å². The molecule has 34 heavy (non-hydrogen) atoms. The molecule has 0 saturated heterocycles. The zero-order valence-electron chi connectivity index (χ0n) is 18.5. The van der Waals surface area contributed by atoms with Crippen LogP contribution >= 0.6 is 11.6 Å². The monoisotopic (exact) mass is 473 g/mol. The largest absolute Gasteiger partial charge is 0.331 e. The van der Waals surface area contributed by atoms with Crippen LogP contribution < -0.4 is 5.32 Å². The summed E-state index contributed by atoms with van der Waals surface area (Å²) in [5.41, 5.74) is 4.31. The van der Waals surface area contributed by atoms with Gasteiger partial charge in [0.2, 0.25) is 5.91 Å². The Balaban J connectivity index is 1.54. The molecular weight excluding hydrogens is 450 g/mol. The van der Waals surface area contributed by atoms with Crippen molar-refractivity contribution in [1.82, 2.24) is 14.7 Å². The first-order valence-corrected chi connectivity index (χ1v) is 11.6. The number of carbonyl (C=O) groups is 2. The highest BCUT2D eigenvalue weighted by molar-refractivity contribution is 6.31. The molecular formula is C26H24ClN5O2. The summed E-state index contributed by atoms with van der Waals surface area (Å²) in [5, 5.41) is 15.6. The van der Waals surface area contributed by atoms with Gasteiger partial charge in [-0.2, -0.15) is 5.10 Å². The zero-order valence-corrected chi connectivity index (χ0v) is 19.3. The Morgan fingerprint density at radius 1 is 1.12 bits per heavy atom. The molecule has 0 saturated carbocycles. The van der Waals surface area contributed by atoms with Crippen LogP contribution in [0.3, 0.4) is 0 Å². The Bertz CT molecular complexity index is 1300. The van der Waals surface area contributed by atoms with Gasteiger partial charge >= 0.3 is 0 Å². The number of carbonyl (C=O) groups excluding carboxylic acids is 2. The number of benzene rings is 2. The molecule has 0 fully saturated rings. The molecule has 1 atom stereocenters. The van der Waals surface area contributed by atoms with E-state index >= 15 is 0 Å². The third-order valence-electron chi connectivity index (χ3n) is 6.21. The number of amides is 2. The van der Waals surface area contributed by atoms with Gasteiger partial charge < -0.3 is 15.6 Å². The Morgan fingerprint density at radius 3 is 2.74 bits per heavy atom. The molecule has 3 aromatic rings. The fourth-order valence-electron chi connectivity index (χ4n) is 4.47. The second kappa shape index (κ2) is 9.27. The Labute approximate surface area is 202 Å². The van der Waals surface area contributed by atoms with E-state index in [2.05, 4.69) is 5.32 Å². The molecule has 2 N–H and O–H groups in total. The molecule has 2 bridgehead atoms. The van der Waals surface area contributed by atoms with Gasteiger partial charge in [0.1, 0.15) is 5.69 Å². The lowest BCUT2D eigenvalue weighted by Crippen LogP contribution is -2.42. The fourth-order valence-corrected chi connectivity index (χ4v) is 4.64. The molecule has 2 amide bonds. The maximum atomic E-state index is 13.5. The molecule has 0 spiro atoms. The normalized spacial score (nSPS) is 18.7. The molecule has 0 radical (unpaired) electrons. The second-order valence-electron chi connectivity index (χ2n) is 8.58. The molecule has 2 aliphatic rings. The van der Waals surface area contributed by atoms with E-state index in [1.165, 1.54) is 6.21 Å². The summed E-state index contributed by atoms with van der Waals surface area (Å²) in [4.78, 5) is 27.8. The average molecular weight is 474 g/mol. The predicted octanol–water partition coefficient (Wildman–Crippen LogP) is 5.08. The summed E-state index contributed by atoms with van der Waals surface area (Å²) in [7, 11) is 0. The summed E-state index contributed by atoms with van der Waals surface area (Å²) in [5.74, 6) is -0.202. The van der Waals surface area contributed by atoms with Crippen LogP contribution in [0.5, 0.6) is 0 Å². The Hall–Kier alpha value is -3.71. The molecule has 8 heteroatoms. The quantitative estimate of drug-likeness (QED) is 0.410. The SMILES string of the molecule is N=Cc1ccc(CN2CC3CC/C=C\CC(=O)Nc4cc(Cl)ccc4-c4cc(n3n4)C2=O)cc1. The van der Waals surface area contributed by atoms with Gasteiger partial charge in [0, 0.05) is 36.3 Å². The van der Waals surface area contributed by atoms with Crippen molar-refractivity contribution >= 4 is 35.3 Å². The minimum atomic E-state index is -0.126. The molecule has 2 aromatic carbocycles. The molecule has 5 rings (SSSR count). The van der Waals surface area contributed by atoms with Crippen molar-refractivity contribution in [1.29, 1.82) is 5.41 Å². The van der Waals surface area contributed by atoms with Crippen molar-refractivity contribution in [2.24, 2.45) is 0 Å². The molecule has 1 unspecified atom stereocenters. The van der Waals surface area contributed by atoms with E-state index < -0.39 is 0 Å². The summed E-state index contributed by atoms with van der Waals surface area (Å²) < 4.78 is 1.85. The van der Waals surface area contributed by atoms with Crippen LogP contribution in [-0.2, 0) is 11.3 Å². The van der Waals surface area contributed by atoms with Crippen molar-refractivity contribution in [3.8, 4) is 11.3 Å². The van der Waals surface area contributed by atoms with Crippen molar-refractivity contribution in [3.05, 3.63) is 82.5 Å². The van der Waals surface area contributed by atoms with Crippen LogP contribution in [-0.4, -0.2) is 39.3 Å². The van der Waals surface area contributed by atoms with Crippen molar-refractivity contribution in [3.63, 3.8) is 0 Å². The number of fused-ring (bicyclic) bond motifs is 3. The van der Waals surface area contributed by atoms with Crippen LogP contribution in [0.1, 0.15) is 46.9 Å². The number of nitrogens with zero attached hydrogens (tertiary/aromatic N) is 3. The summed E-state index contributed by atoms with van der Waals surface area (Å²) >= 11 is 6.20. The third-order valence-corrected chi connectivity index (χ3v) is 6.44. The highest BCUT2D eigenvalue weighted by Gasteiger charge is 2.33. The Kier molecular flexibility index (Phi) is 6.02. The van der Waals surface area contributed by atoms with Gasteiger partial charge in [0.05, 0.1) is 17.4 Å². The van der Waals surface area contributed by atoms with E-state index in [0.29, 0.717) is 35.2 Å². The summed E-state index contributed by atoms with van der Waals surface area (Å²) in [6, 6.07) is 14.8. The van der Waals surface area contributed by atoms with Gasteiger partial charge in [0.15, 0.2) is 0 Å². The number of hydrogen-bond donors (Lipinski definition) is 2. The number of anilines is 1. The third kappa shape index (κ3) is 4.39. The smallest absolute Gasteiger partial charge is 0.272 e. The second-order valence-corrected chi connectivity index (χ2v) is 9.01. The van der Waals surface area contributed by atoms with E-state index in [1.807, 2.05) is 52.1 Å². The number of aromatic nitrogens is 2. The molecule has 172 valence electrons. The van der Waals surface area contributed by atoms with Gasteiger partial charge in [-0.1, -0.05) is 48.0 Å². The standard InChI is InChI=1S/C26H24ClN5O2/c27-19-10-11-21-22(12-19)29-25(33)5-3-1-2-4-20-16-31(15-18-8-6-17(14-28)7-9-18)26(34)24-13-23(21)30-32(20)24/h1,3,6-14,20,28H,2,4-5,15-16H2,(H,29,33)/b3-1-,28-14?. The molecule has 3 heterocycles. The van der Waals surface area contributed by atoms with Crippen molar-refractivity contribution < 1.29 is 9.59 Å². The maximum absolute atomic E-state index is 13.5. The van der Waals surface area contributed by atoms with E-state index in [9.17, 15) is 9.59 Å². The first kappa shape index (κ1) is 22.1. The van der Waals surface area contributed by atoms with E-state index in [-0.39, 0.29) is 24.3 Å². The lowest BCUT2D eigenvalue weighted by atomic mass is 10.0. The molecule has 0 aliphatic carbocycles. The van der Waals surface area contributed by atoms with Crippen LogP contribution in [0.4, 0.5) is 5.69 Å². The zero-order chi connectivity index (χ0) is 23.7. The lowest BCUT2D eigenvalue weighted by Gasteiger charge is -2.33. The predicted molar refractivity (Wildman–Crippen MR) is 132 cm³/mol. The van der Waals surface area contributed by atoms with Gasteiger partial charge in [-0.25, -0.2) is 0 Å². The van der Waals surface area contributed by atoms with Gasteiger partial charge in [-0.3, -0.25) is 14.3 Å². The van der Waals surface area contributed by atoms with Crippen molar-refractivity contribution in [2.45, 2.75) is 31.8 Å². The van der Waals surface area contributed by atoms with Crippen molar-refractivity contribution in [2.75, 3.05) is 11.9 Å². The molecule has 7 nitrogen and oxygen atoms in total. The van der Waals surface area contributed by atoms with Gasteiger partial charge in [-0.05, 0) is 48.2 Å². The maximum Gasteiger partial charge on any atom is 0.272 e. The minimum Gasteiger partial charge on any atom is -0.331 e. The average Bonchev–Trinajstić information content (AvgIpc) is 3.27. The van der Waals surface area contributed by atoms with Crippen LogP contribution in [0.25, 0.3) is 11.3 Å². The number of hydrogen-bond acceptors (Lipinski definition) is 4. The van der Waals surface area contributed by atoms with Gasteiger partial charge in [-0.15, -0.1) is 0 Å². The topological polar surface area (TPSA) is 91.1 Å². The number of allylic oxidation sites excluding steroid dienone is 1. The highest BCUT2D eigenvalue weighted by atomic mass is 35.5. The van der Waals surface area contributed by atoms with E-state index in [4.69, 9.17) is 22.1 Å². The summed E-state index contributed by atoms with van der Waals surface area (Å²) in [6.45, 7) is 1.05.